The Kier molecular flexibility index (Phi) is 7.31. The van der Waals surface area contributed by atoms with Crippen LogP contribution in [0, 0.1) is 5.92 Å². The first-order valence-electron chi connectivity index (χ1n) is 9.28. The van der Waals surface area contributed by atoms with E-state index >= 15 is 0 Å². The van der Waals surface area contributed by atoms with Gasteiger partial charge in [0.2, 0.25) is 5.91 Å². The van der Waals surface area contributed by atoms with Crippen LogP contribution in [0.25, 0.3) is 11.4 Å². The van der Waals surface area contributed by atoms with Crippen molar-refractivity contribution in [1.82, 2.24) is 15.3 Å². The number of nitrogens with zero attached hydrogens (tertiary/aromatic N) is 1. The minimum absolute atomic E-state index is 0.133. The van der Waals surface area contributed by atoms with Crippen molar-refractivity contribution in [1.29, 1.82) is 0 Å². The summed E-state index contributed by atoms with van der Waals surface area (Å²) in [4.78, 5) is 43.3. The molecule has 150 valence electrons. The van der Waals surface area contributed by atoms with Crippen LogP contribution in [0.4, 0.5) is 10.5 Å². The molecule has 3 N–H and O–H groups in total. The van der Waals surface area contributed by atoms with Crippen molar-refractivity contribution in [2.45, 2.75) is 40.2 Å². The largest absolute Gasteiger partial charge is 0.450 e. The molecule has 8 nitrogen and oxygen atoms in total. The fraction of sp³-hybridized carbons (Fsp3) is 0.400. The molecule has 0 fully saturated rings. The topological polar surface area (TPSA) is 113 Å². The van der Waals surface area contributed by atoms with Crippen molar-refractivity contribution in [3.8, 4) is 11.4 Å². The van der Waals surface area contributed by atoms with E-state index in [1.807, 2.05) is 20.8 Å². The number of aromatic nitrogens is 2. The van der Waals surface area contributed by atoms with Gasteiger partial charge in [-0.05, 0) is 31.4 Å². The normalized spacial score (nSPS) is 11.8. The molecule has 0 radical (unpaired) electrons. The van der Waals surface area contributed by atoms with E-state index in [2.05, 4.69) is 20.6 Å². The predicted molar refractivity (Wildman–Crippen MR) is 107 cm³/mol. The molecule has 1 heterocycles. The second-order valence-electron chi connectivity index (χ2n) is 6.60. The van der Waals surface area contributed by atoms with E-state index in [0.717, 1.165) is 0 Å². The monoisotopic (exact) mass is 386 g/mol. The standard InChI is InChI=1S/C20H26N4O4/c1-5-14-11-16(25)23-18(21-14)13-8-7-9-15(10-13)22-19(26)17(12(3)4)24-20(27)28-6-2/h7-12,17H,5-6H2,1-4H3,(H,22,26)(H,24,27)(H,21,23,25). The van der Waals surface area contributed by atoms with Gasteiger partial charge in [-0.25, -0.2) is 9.78 Å². The van der Waals surface area contributed by atoms with Crippen LogP contribution >= 0.6 is 0 Å². The quantitative estimate of drug-likeness (QED) is 0.677. The molecule has 0 saturated heterocycles. The lowest BCUT2D eigenvalue weighted by molar-refractivity contribution is -0.119. The van der Waals surface area contributed by atoms with Crippen LogP contribution in [-0.4, -0.2) is 34.6 Å². The third kappa shape index (κ3) is 5.67. The van der Waals surface area contributed by atoms with Crippen LogP contribution in [0.2, 0.25) is 0 Å². The highest BCUT2D eigenvalue weighted by molar-refractivity contribution is 5.97. The number of hydrogen-bond acceptors (Lipinski definition) is 5. The van der Waals surface area contributed by atoms with Crippen molar-refractivity contribution in [3.63, 3.8) is 0 Å². The van der Waals surface area contributed by atoms with Gasteiger partial charge in [-0.3, -0.25) is 9.59 Å². The lowest BCUT2D eigenvalue weighted by Crippen LogP contribution is -2.47. The number of aromatic amines is 1. The van der Waals surface area contributed by atoms with Gasteiger partial charge in [0, 0.05) is 23.0 Å². The van der Waals surface area contributed by atoms with Crippen molar-refractivity contribution in [2.24, 2.45) is 5.92 Å². The second kappa shape index (κ2) is 9.68. The number of amides is 2. The smallest absolute Gasteiger partial charge is 0.407 e. The highest BCUT2D eigenvalue weighted by Gasteiger charge is 2.25. The molecule has 2 aromatic rings. The van der Waals surface area contributed by atoms with E-state index < -0.39 is 12.1 Å². The lowest BCUT2D eigenvalue weighted by atomic mass is 10.0. The summed E-state index contributed by atoms with van der Waals surface area (Å²) >= 11 is 0. The van der Waals surface area contributed by atoms with Gasteiger partial charge in [-0.1, -0.05) is 32.9 Å². The molecule has 0 saturated carbocycles. The van der Waals surface area contributed by atoms with Gasteiger partial charge in [0.05, 0.1) is 6.61 Å². The number of carbonyl (C=O) groups is 2. The van der Waals surface area contributed by atoms with Crippen molar-refractivity contribution < 1.29 is 14.3 Å². The minimum Gasteiger partial charge on any atom is -0.450 e. The Balaban J connectivity index is 2.21. The summed E-state index contributed by atoms with van der Waals surface area (Å²) in [5.41, 5.74) is 1.66. The number of nitrogens with one attached hydrogen (secondary N) is 3. The van der Waals surface area contributed by atoms with E-state index in [4.69, 9.17) is 4.74 Å². The Morgan fingerprint density at radius 2 is 1.96 bits per heavy atom. The average Bonchev–Trinajstić information content (AvgIpc) is 2.65. The molecule has 2 amide bonds. The Hall–Kier alpha value is -3.16. The van der Waals surface area contributed by atoms with Gasteiger partial charge in [0.15, 0.2) is 0 Å². The van der Waals surface area contributed by atoms with Crippen LogP contribution < -0.4 is 16.2 Å². The summed E-state index contributed by atoms with van der Waals surface area (Å²) in [7, 11) is 0. The summed E-state index contributed by atoms with van der Waals surface area (Å²) < 4.78 is 4.86. The van der Waals surface area contributed by atoms with Crippen molar-refractivity contribution in [3.05, 3.63) is 46.4 Å². The molecule has 8 heteroatoms. The molecule has 0 aliphatic rings. The van der Waals surface area contributed by atoms with Crippen molar-refractivity contribution in [2.75, 3.05) is 11.9 Å². The SMILES string of the molecule is CCOC(=O)NC(C(=O)Nc1cccc(-c2nc(CC)cc(=O)[nH]2)c1)C(C)C. The molecule has 0 aliphatic carbocycles. The average molecular weight is 386 g/mol. The number of hydrogen-bond donors (Lipinski definition) is 3. The first kappa shape index (κ1) is 21.1. The third-order valence-corrected chi connectivity index (χ3v) is 4.06. The summed E-state index contributed by atoms with van der Waals surface area (Å²) in [6.45, 7) is 7.50. The fourth-order valence-electron chi connectivity index (χ4n) is 2.62. The molecule has 1 unspecified atom stereocenters. The molecule has 0 spiro atoms. The van der Waals surface area contributed by atoms with Gasteiger partial charge in [-0.15, -0.1) is 0 Å². The van der Waals surface area contributed by atoms with Gasteiger partial charge in [0.25, 0.3) is 5.56 Å². The number of anilines is 1. The third-order valence-electron chi connectivity index (χ3n) is 4.06. The number of aryl methyl sites for hydroxylation is 1. The number of ether oxygens (including phenoxy) is 1. The highest BCUT2D eigenvalue weighted by atomic mass is 16.5. The zero-order valence-electron chi connectivity index (χ0n) is 16.5. The summed E-state index contributed by atoms with van der Waals surface area (Å²) in [5, 5.41) is 5.37. The molecule has 28 heavy (non-hydrogen) atoms. The number of rotatable bonds is 7. The first-order chi connectivity index (χ1) is 13.3. The predicted octanol–water partition coefficient (Wildman–Crippen LogP) is 2.71. The molecule has 1 aromatic carbocycles. The number of carbonyl (C=O) groups excluding carboxylic acids is 2. The summed E-state index contributed by atoms with van der Waals surface area (Å²) in [6, 6.07) is 7.71. The molecule has 2 rings (SSSR count). The Bertz CT molecular complexity index is 892. The maximum absolute atomic E-state index is 12.6. The minimum atomic E-state index is -0.746. The lowest BCUT2D eigenvalue weighted by Gasteiger charge is -2.21. The van der Waals surface area contributed by atoms with Gasteiger partial charge in [0.1, 0.15) is 11.9 Å². The van der Waals surface area contributed by atoms with Gasteiger partial charge >= 0.3 is 6.09 Å². The zero-order chi connectivity index (χ0) is 20.7. The summed E-state index contributed by atoms with van der Waals surface area (Å²) in [6.07, 6.45) is 0.00594. The highest BCUT2D eigenvalue weighted by Crippen LogP contribution is 2.19. The zero-order valence-corrected chi connectivity index (χ0v) is 16.5. The molecule has 1 aromatic heterocycles. The van der Waals surface area contributed by atoms with Gasteiger partial charge < -0.3 is 20.4 Å². The Morgan fingerprint density at radius 3 is 2.61 bits per heavy atom. The van der Waals surface area contributed by atoms with E-state index in [0.29, 0.717) is 29.2 Å². The Morgan fingerprint density at radius 1 is 1.21 bits per heavy atom. The molecular formula is C20H26N4O4. The van der Waals surface area contributed by atoms with E-state index in [1.165, 1.54) is 6.07 Å². The number of alkyl carbamates (subject to hydrolysis) is 1. The molecule has 1 atom stereocenters. The first-order valence-corrected chi connectivity index (χ1v) is 9.28. The second-order valence-corrected chi connectivity index (χ2v) is 6.60. The van der Waals surface area contributed by atoms with Crippen molar-refractivity contribution >= 4 is 17.7 Å². The van der Waals surface area contributed by atoms with Crippen LogP contribution in [0.15, 0.2) is 35.1 Å². The van der Waals surface area contributed by atoms with Crippen LogP contribution in [-0.2, 0) is 16.0 Å². The summed E-state index contributed by atoms with van der Waals surface area (Å²) in [5.74, 6) is -0.0543. The molecular weight excluding hydrogens is 360 g/mol. The van der Waals surface area contributed by atoms with Crippen LogP contribution in [0.1, 0.15) is 33.4 Å². The molecule has 0 bridgehead atoms. The van der Waals surface area contributed by atoms with Gasteiger partial charge in [-0.2, -0.15) is 0 Å². The van der Waals surface area contributed by atoms with E-state index in [-0.39, 0.29) is 24.0 Å². The van der Waals surface area contributed by atoms with E-state index in [9.17, 15) is 14.4 Å². The maximum Gasteiger partial charge on any atom is 0.407 e. The number of benzene rings is 1. The fourth-order valence-corrected chi connectivity index (χ4v) is 2.62. The maximum atomic E-state index is 12.6. The van der Waals surface area contributed by atoms with Crippen LogP contribution in [0.5, 0.6) is 0 Å². The van der Waals surface area contributed by atoms with E-state index in [1.54, 1.807) is 31.2 Å². The molecule has 0 aliphatic heterocycles. The Labute approximate surface area is 163 Å². The number of H-pyrrole nitrogens is 1. The van der Waals surface area contributed by atoms with Crippen LogP contribution in [0.3, 0.4) is 0 Å².